The first kappa shape index (κ1) is 13.9. The van der Waals surface area contributed by atoms with Crippen molar-refractivity contribution in [3.63, 3.8) is 0 Å². The van der Waals surface area contributed by atoms with Crippen LogP contribution in [0.1, 0.15) is 32.1 Å². The lowest BCUT2D eigenvalue weighted by atomic mass is 9.88. The number of amides is 1. The lowest BCUT2D eigenvalue weighted by Gasteiger charge is -2.26. The quantitative estimate of drug-likeness (QED) is 0.815. The molecule has 1 aromatic carbocycles. The summed E-state index contributed by atoms with van der Waals surface area (Å²) in [6.45, 7) is 1.21. The summed E-state index contributed by atoms with van der Waals surface area (Å²) in [5, 5.41) is 0. The minimum Gasteiger partial charge on any atom is -0.492 e. The van der Waals surface area contributed by atoms with Gasteiger partial charge in [-0.3, -0.25) is 4.79 Å². The number of carbonyl (C=O) groups is 1. The molecule has 0 radical (unpaired) electrons. The molecular formula is C16H23NO2. The molecule has 0 unspecified atom stereocenters. The highest BCUT2D eigenvalue weighted by Gasteiger charge is 2.23. The van der Waals surface area contributed by atoms with Crippen LogP contribution in [0.15, 0.2) is 30.3 Å². The zero-order chi connectivity index (χ0) is 13.5. The van der Waals surface area contributed by atoms with E-state index in [0.29, 0.717) is 13.2 Å². The molecule has 104 valence electrons. The zero-order valence-electron chi connectivity index (χ0n) is 11.7. The van der Waals surface area contributed by atoms with E-state index in [0.717, 1.165) is 18.6 Å². The molecule has 1 aliphatic rings. The minimum absolute atomic E-state index is 0.246. The topological polar surface area (TPSA) is 29.5 Å². The van der Waals surface area contributed by atoms with E-state index in [1.807, 2.05) is 42.3 Å². The van der Waals surface area contributed by atoms with Crippen LogP contribution in [0.2, 0.25) is 0 Å². The van der Waals surface area contributed by atoms with Gasteiger partial charge in [0.25, 0.3) is 0 Å². The molecule has 3 nitrogen and oxygen atoms in total. The molecule has 0 atom stereocenters. The molecule has 0 saturated heterocycles. The number of rotatable bonds is 5. The first-order chi connectivity index (χ1) is 9.27. The van der Waals surface area contributed by atoms with Gasteiger partial charge in [-0.15, -0.1) is 0 Å². The van der Waals surface area contributed by atoms with Crippen molar-refractivity contribution in [1.82, 2.24) is 4.90 Å². The first-order valence-corrected chi connectivity index (χ1v) is 7.20. The molecule has 1 amide bonds. The number of carbonyl (C=O) groups excluding carboxylic acids is 1. The van der Waals surface area contributed by atoms with Crippen LogP contribution in [0.25, 0.3) is 0 Å². The van der Waals surface area contributed by atoms with Crippen molar-refractivity contribution in [1.29, 1.82) is 0 Å². The average molecular weight is 261 g/mol. The van der Waals surface area contributed by atoms with E-state index in [4.69, 9.17) is 4.74 Å². The monoisotopic (exact) mass is 261 g/mol. The Morgan fingerprint density at radius 2 is 1.89 bits per heavy atom. The van der Waals surface area contributed by atoms with E-state index in [9.17, 15) is 4.79 Å². The fourth-order valence-electron chi connectivity index (χ4n) is 2.59. The van der Waals surface area contributed by atoms with Gasteiger partial charge in [0.15, 0.2) is 0 Å². The third kappa shape index (κ3) is 4.27. The minimum atomic E-state index is 0.246. The fourth-order valence-corrected chi connectivity index (χ4v) is 2.59. The van der Waals surface area contributed by atoms with Crippen LogP contribution in [-0.2, 0) is 4.79 Å². The molecule has 1 aromatic rings. The Morgan fingerprint density at radius 3 is 2.58 bits per heavy atom. The van der Waals surface area contributed by atoms with E-state index < -0.39 is 0 Å². The molecule has 1 fully saturated rings. The molecule has 0 bridgehead atoms. The molecular weight excluding hydrogens is 238 g/mol. The highest BCUT2D eigenvalue weighted by atomic mass is 16.5. The summed E-state index contributed by atoms with van der Waals surface area (Å²) in [5.41, 5.74) is 0. The molecule has 19 heavy (non-hydrogen) atoms. The normalized spacial score (nSPS) is 16.1. The molecule has 0 spiro atoms. The number of hydrogen-bond donors (Lipinski definition) is 0. The van der Waals surface area contributed by atoms with Gasteiger partial charge in [0.05, 0.1) is 6.54 Å². The molecule has 1 aliphatic carbocycles. The summed E-state index contributed by atoms with van der Waals surface area (Å²) in [6, 6.07) is 9.73. The maximum absolute atomic E-state index is 12.2. The predicted molar refractivity (Wildman–Crippen MR) is 76.1 cm³/mol. The van der Waals surface area contributed by atoms with E-state index in [1.54, 1.807) is 0 Å². The van der Waals surface area contributed by atoms with Gasteiger partial charge in [0, 0.05) is 13.0 Å². The lowest BCUT2D eigenvalue weighted by Crippen LogP contribution is -2.36. The summed E-state index contributed by atoms with van der Waals surface area (Å²) in [6.07, 6.45) is 5.80. The third-order valence-corrected chi connectivity index (χ3v) is 3.77. The van der Waals surface area contributed by atoms with Crippen molar-refractivity contribution in [2.75, 3.05) is 20.2 Å². The van der Waals surface area contributed by atoms with Crippen LogP contribution in [0.5, 0.6) is 5.75 Å². The molecule has 0 heterocycles. The largest absolute Gasteiger partial charge is 0.492 e. The van der Waals surface area contributed by atoms with Crippen molar-refractivity contribution >= 4 is 5.91 Å². The fraction of sp³-hybridized carbons (Fsp3) is 0.562. The summed E-state index contributed by atoms with van der Waals surface area (Å²) in [5.74, 6) is 1.40. The van der Waals surface area contributed by atoms with Crippen molar-refractivity contribution < 1.29 is 9.53 Å². The van der Waals surface area contributed by atoms with Gasteiger partial charge in [-0.2, -0.15) is 0 Å². The first-order valence-electron chi connectivity index (χ1n) is 7.20. The van der Waals surface area contributed by atoms with E-state index in [1.165, 1.54) is 19.3 Å². The van der Waals surface area contributed by atoms with Crippen LogP contribution >= 0.6 is 0 Å². The highest BCUT2D eigenvalue weighted by Crippen LogP contribution is 2.25. The number of ether oxygens (including phenoxy) is 1. The van der Waals surface area contributed by atoms with Gasteiger partial charge in [-0.25, -0.2) is 0 Å². The highest BCUT2D eigenvalue weighted by molar-refractivity contribution is 5.78. The van der Waals surface area contributed by atoms with Gasteiger partial charge in [-0.05, 0) is 25.0 Å². The maximum atomic E-state index is 12.2. The van der Waals surface area contributed by atoms with Crippen LogP contribution < -0.4 is 4.74 Å². The number of hydrogen-bond acceptors (Lipinski definition) is 2. The Balaban J connectivity index is 1.71. The van der Waals surface area contributed by atoms with Gasteiger partial charge in [-0.1, -0.05) is 37.5 Å². The van der Waals surface area contributed by atoms with Crippen LogP contribution in [0.4, 0.5) is 0 Å². The summed E-state index contributed by atoms with van der Waals surface area (Å²) < 4.78 is 5.62. The van der Waals surface area contributed by atoms with E-state index >= 15 is 0 Å². The van der Waals surface area contributed by atoms with Crippen LogP contribution in [0.3, 0.4) is 0 Å². The molecule has 2 rings (SSSR count). The predicted octanol–water partition coefficient (Wildman–Crippen LogP) is 3.10. The maximum Gasteiger partial charge on any atom is 0.225 e. The third-order valence-electron chi connectivity index (χ3n) is 3.77. The molecule has 0 aromatic heterocycles. The Kier molecular flexibility index (Phi) is 5.25. The number of para-hydroxylation sites is 1. The molecule has 0 aliphatic heterocycles. The average Bonchev–Trinajstić information content (AvgIpc) is 2.48. The Labute approximate surface area is 115 Å². The second-order valence-corrected chi connectivity index (χ2v) is 5.26. The Hall–Kier alpha value is -1.51. The molecule has 3 heteroatoms. The van der Waals surface area contributed by atoms with Gasteiger partial charge < -0.3 is 9.64 Å². The summed E-state index contributed by atoms with van der Waals surface area (Å²) in [4.78, 5) is 14.0. The number of likely N-dealkylation sites (N-methyl/N-ethyl adjacent to an activating group) is 1. The van der Waals surface area contributed by atoms with E-state index in [-0.39, 0.29) is 11.8 Å². The molecule has 0 N–H and O–H groups in total. The Morgan fingerprint density at radius 1 is 1.21 bits per heavy atom. The van der Waals surface area contributed by atoms with Gasteiger partial charge in [0.2, 0.25) is 5.91 Å². The van der Waals surface area contributed by atoms with Gasteiger partial charge >= 0.3 is 0 Å². The van der Waals surface area contributed by atoms with Crippen LogP contribution in [-0.4, -0.2) is 31.0 Å². The molecule has 1 saturated carbocycles. The SMILES string of the molecule is CN(CCOc1ccccc1)C(=O)C1CCCCC1. The van der Waals surface area contributed by atoms with Crippen LogP contribution in [0, 0.1) is 5.92 Å². The Bertz CT molecular complexity index is 385. The van der Waals surface area contributed by atoms with E-state index in [2.05, 4.69) is 0 Å². The van der Waals surface area contributed by atoms with Crippen molar-refractivity contribution in [3.05, 3.63) is 30.3 Å². The lowest BCUT2D eigenvalue weighted by molar-refractivity contribution is -0.135. The van der Waals surface area contributed by atoms with Crippen molar-refractivity contribution in [2.24, 2.45) is 5.92 Å². The summed E-state index contributed by atoms with van der Waals surface area (Å²) in [7, 11) is 1.88. The van der Waals surface area contributed by atoms with Crippen molar-refractivity contribution in [2.45, 2.75) is 32.1 Å². The second kappa shape index (κ2) is 7.17. The smallest absolute Gasteiger partial charge is 0.225 e. The number of nitrogens with zero attached hydrogens (tertiary/aromatic N) is 1. The zero-order valence-corrected chi connectivity index (χ0v) is 11.7. The second-order valence-electron chi connectivity index (χ2n) is 5.26. The summed E-state index contributed by atoms with van der Waals surface area (Å²) >= 11 is 0. The van der Waals surface area contributed by atoms with Gasteiger partial charge in [0.1, 0.15) is 12.4 Å². The van der Waals surface area contributed by atoms with Crippen molar-refractivity contribution in [3.8, 4) is 5.75 Å². The number of benzene rings is 1. The standard InChI is InChI=1S/C16H23NO2/c1-17(16(18)14-8-4-2-5-9-14)12-13-19-15-10-6-3-7-11-15/h3,6-7,10-11,14H,2,4-5,8-9,12-13H2,1H3.